The molecule has 1 unspecified atom stereocenters. The number of nitrogens with two attached hydrogens (primary N) is 1. The SMILES string of the molecule is Cc1cc2c(Cl)c(C(N)CO)ccc2o1. The molecular weight excluding hydrogens is 214 g/mol. The fourth-order valence-corrected chi connectivity index (χ4v) is 1.96. The van der Waals surface area contributed by atoms with Crippen molar-refractivity contribution in [3.05, 3.63) is 34.5 Å². The summed E-state index contributed by atoms with van der Waals surface area (Å²) in [6.07, 6.45) is 0. The van der Waals surface area contributed by atoms with Crippen molar-refractivity contribution in [2.75, 3.05) is 6.61 Å². The van der Waals surface area contributed by atoms with E-state index in [0.717, 1.165) is 22.3 Å². The number of rotatable bonds is 2. The van der Waals surface area contributed by atoms with Crippen LogP contribution in [0.15, 0.2) is 22.6 Å². The quantitative estimate of drug-likeness (QED) is 0.825. The number of hydrogen-bond acceptors (Lipinski definition) is 3. The van der Waals surface area contributed by atoms with Gasteiger partial charge in [-0.2, -0.15) is 0 Å². The number of aliphatic hydroxyl groups is 1. The zero-order valence-electron chi connectivity index (χ0n) is 8.33. The first-order chi connectivity index (χ1) is 7.13. The second-order valence-electron chi connectivity index (χ2n) is 3.53. The predicted octanol–water partition coefficient (Wildman–Crippen LogP) is 2.39. The van der Waals surface area contributed by atoms with E-state index in [1.54, 1.807) is 6.07 Å². The zero-order valence-corrected chi connectivity index (χ0v) is 9.08. The lowest BCUT2D eigenvalue weighted by Gasteiger charge is -2.10. The third-order valence-electron chi connectivity index (χ3n) is 2.38. The molecule has 15 heavy (non-hydrogen) atoms. The van der Waals surface area contributed by atoms with Crippen LogP contribution in [0, 0.1) is 6.92 Å². The Kier molecular flexibility index (Phi) is 2.69. The Bertz CT molecular complexity index is 493. The van der Waals surface area contributed by atoms with Gasteiger partial charge in [-0.1, -0.05) is 17.7 Å². The van der Waals surface area contributed by atoms with Crippen LogP contribution >= 0.6 is 11.6 Å². The van der Waals surface area contributed by atoms with Gasteiger partial charge in [-0.25, -0.2) is 0 Å². The highest BCUT2D eigenvalue weighted by atomic mass is 35.5. The summed E-state index contributed by atoms with van der Waals surface area (Å²) in [5.41, 5.74) is 7.21. The lowest BCUT2D eigenvalue weighted by atomic mass is 10.1. The lowest BCUT2D eigenvalue weighted by Crippen LogP contribution is -2.14. The summed E-state index contributed by atoms with van der Waals surface area (Å²) < 4.78 is 5.43. The van der Waals surface area contributed by atoms with Crippen molar-refractivity contribution in [2.24, 2.45) is 5.73 Å². The summed E-state index contributed by atoms with van der Waals surface area (Å²) in [5, 5.41) is 10.4. The molecule has 0 amide bonds. The molecule has 0 radical (unpaired) electrons. The Labute approximate surface area is 92.4 Å². The van der Waals surface area contributed by atoms with Crippen molar-refractivity contribution in [2.45, 2.75) is 13.0 Å². The van der Waals surface area contributed by atoms with Crippen molar-refractivity contribution >= 4 is 22.6 Å². The Balaban J connectivity index is 2.64. The maximum atomic E-state index is 8.98. The van der Waals surface area contributed by atoms with Gasteiger partial charge in [0.25, 0.3) is 0 Å². The number of aliphatic hydroxyl groups excluding tert-OH is 1. The first kappa shape index (κ1) is 10.5. The molecule has 1 aromatic carbocycles. The molecule has 4 heteroatoms. The number of benzene rings is 1. The third kappa shape index (κ3) is 1.74. The Morgan fingerprint density at radius 2 is 2.27 bits per heavy atom. The van der Waals surface area contributed by atoms with Crippen LogP contribution in [0.2, 0.25) is 5.02 Å². The molecule has 2 rings (SSSR count). The van der Waals surface area contributed by atoms with Gasteiger partial charge in [0, 0.05) is 5.39 Å². The molecular formula is C11H12ClNO2. The van der Waals surface area contributed by atoms with E-state index in [4.69, 9.17) is 26.9 Å². The molecule has 0 spiro atoms. The summed E-state index contributed by atoms with van der Waals surface area (Å²) in [6.45, 7) is 1.74. The van der Waals surface area contributed by atoms with Crippen molar-refractivity contribution in [1.29, 1.82) is 0 Å². The van der Waals surface area contributed by atoms with Crippen LogP contribution in [0.1, 0.15) is 17.4 Å². The molecule has 1 heterocycles. The molecule has 0 bridgehead atoms. The molecule has 0 aliphatic heterocycles. The van der Waals surface area contributed by atoms with E-state index >= 15 is 0 Å². The number of hydrogen-bond donors (Lipinski definition) is 2. The molecule has 0 aliphatic rings. The van der Waals surface area contributed by atoms with Crippen molar-refractivity contribution in [3.8, 4) is 0 Å². The van der Waals surface area contributed by atoms with Crippen LogP contribution in [0.25, 0.3) is 11.0 Å². The molecule has 0 aliphatic carbocycles. The topological polar surface area (TPSA) is 59.4 Å². The molecule has 3 N–H and O–H groups in total. The molecule has 0 saturated carbocycles. The van der Waals surface area contributed by atoms with Crippen LogP contribution < -0.4 is 5.73 Å². The van der Waals surface area contributed by atoms with Crippen molar-refractivity contribution in [1.82, 2.24) is 0 Å². The molecule has 1 atom stereocenters. The third-order valence-corrected chi connectivity index (χ3v) is 2.81. The lowest BCUT2D eigenvalue weighted by molar-refractivity contribution is 0.268. The largest absolute Gasteiger partial charge is 0.461 e. The Hall–Kier alpha value is -1.03. The predicted molar refractivity (Wildman–Crippen MR) is 60.0 cm³/mol. The summed E-state index contributed by atoms with van der Waals surface area (Å²) in [4.78, 5) is 0. The van der Waals surface area contributed by atoms with E-state index < -0.39 is 6.04 Å². The van der Waals surface area contributed by atoms with Gasteiger partial charge < -0.3 is 15.3 Å². The minimum Gasteiger partial charge on any atom is -0.461 e. The van der Waals surface area contributed by atoms with Crippen LogP contribution in [0.4, 0.5) is 0 Å². The smallest absolute Gasteiger partial charge is 0.135 e. The van der Waals surface area contributed by atoms with Crippen LogP contribution in [0.5, 0.6) is 0 Å². The summed E-state index contributed by atoms with van der Waals surface area (Å²) >= 11 is 6.18. The van der Waals surface area contributed by atoms with Gasteiger partial charge in [0.05, 0.1) is 17.7 Å². The van der Waals surface area contributed by atoms with E-state index in [0.29, 0.717) is 5.02 Å². The maximum Gasteiger partial charge on any atom is 0.135 e. The first-order valence-corrected chi connectivity index (χ1v) is 5.06. The van der Waals surface area contributed by atoms with E-state index in [9.17, 15) is 0 Å². The minimum absolute atomic E-state index is 0.123. The van der Waals surface area contributed by atoms with E-state index in [1.165, 1.54) is 0 Å². The molecule has 2 aromatic rings. The Morgan fingerprint density at radius 3 is 2.93 bits per heavy atom. The van der Waals surface area contributed by atoms with Crippen molar-refractivity contribution in [3.63, 3.8) is 0 Å². The molecule has 0 saturated heterocycles. The average molecular weight is 226 g/mol. The molecule has 1 aromatic heterocycles. The van der Waals surface area contributed by atoms with E-state index in [2.05, 4.69) is 0 Å². The second-order valence-corrected chi connectivity index (χ2v) is 3.90. The van der Waals surface area contributed by atoms with Gasteiger partial charge in [0.2, 0.25) is 0 Å². The zero-order chi connectivity index (χ0) is 11.0. The molecule has 0 fully saturated rings. The number of aryl methyl sites for hydroxylation is 1. The van der Waals surface area contributed by atoms with Gasteiger partial charge in [0.15, 0.2) is 0 Å². The molecule has 80 valence electrons. The first-order valence-electron chi connectivity index (χ1n) is 4.68. The highest BCUT2D eigenvalue weighted by Crippen LogP contribution is 2.32. The summed E-state index contributed by atoms with van der Waals surface area (Å²) in [6, 6.07) is 5.02. The normalized spacial score (nSPS) is 13.3. The highest BCUT2D eigenvalue weighted by Gasteiger charge is 2.13. The van der Waals surface area contributed by atoms with Crippen LogP contribution in [-0.2, 0) is 0 Å². The average Bonchev–Trinajstić information content (AvgIpc) is 2.59. The maximum absolute atomic E-state index is 8.98. The van der Waals surface area contributed by atoms with E-state index in [1.807, 2.05) is 19.1 Å². The monoisotopic (exact) mass is 225 g/mol. The summed E-state index contributed by atoms with van der Waals surface area (Å²) in [5.74, 6) is 0.807. The van der Waals surface area contributed by atoms with Crippen LogP contribution in [-0.4, -0.2) is 11.7 Å². The van der Waals surface area contributed by atoms with Gasteiger partial charge in [-0.15, -0.1) is 0 Å². The van der Waals surface area contributed by atoms with Gasteiger partial charge in [0.1, 0.15) is 11.3 Å². The second kappa shape index (κ2) is 3.85. The van der Waals surface area contributed by atoms with Gasteiger partial charge >= 0.3 is 0 Å². The van der Waals surface area contributed by atoms with Crippen LogP contribution in [0.3, 0.4) is 0 Å². The van der Waals surface area contributed by atoms with Crippen molar-refractivity contribution < 1.29 is 9.52 Å². The summed E-state index contributed by atoms with van der Waals surface area (Å²) in [7, 11) is 0. The molecule has 3 nitrogen and oxygen atoms in total. The minimum atomic E-state index is -0.447. The fraction of sp³-hybridized carbons (Fsp3) is 0.273. The van der Waals surface area contributed by atoms with Gasteiger partial charge in [-0.3, -0.25) is 0 Å². The highest BCUT2D eigenvalue weighted by molar-refractivity contribution is 6.36. The number of halogens is 1. The van der Waals surface area contributed by atoms with Gasteiger partial charge in [-0.05, 0) is 24.6 Å². The van der Waals surface area contributed by atoms with E-state index in [-0.39, 0.29) is 6.61 Å². The standard InChI is InChI=1S/C11H12ClNO2/c1-6-4-8-10(15-6)3-2-7(11(8)12)9(13)5-14/h2-4,9,14H,5,13H2,1H3. The fourth-order valence-electron chi connectivity index (χ4n) is 1.61. The Morgan fingerprint density at radius 1 is 1.53 bits per heavy atom. The number of fused-ring (bicyclic) bond motifs is 1. The number of furan rings is 1.